The highest BCUT2D eigenvalue weighted by Gasteiger charge is 2.38. The highest BCUT2D eigenvalue weighted by molar-refractivity contribution is 5.90. The zero-order valence-electron chi connectivity index (χ0n) is 16.6. The fourth-order valence-corrected chi connectivity index (χ4v) is 2.36. The number of aliphatic hydroxyl groups excluding tert-OH is 1. The van der Waals surface area contributed by atoms with E-state index in [2.05, 4.69) is 5.32 Å². The van der Waals surface area contributed by atoms with Gasteiger partial charge >= 0.3 is 11.9 Å². The summed E-state index contributed by atoms with van der Waals surface area (Å²) >= 11 is 0. The molecule has 2 amide bonds. The topological polar surface area (TPSA) is 159 Å². The molecule has 0 saturated carbocycles. The highest BCUT2D eigenvalue weighted by atomic mass is 16.7. The van der Waals surface area contributed by atoms with Gasteiger partial charge < -0.3 is 26.1 Å². The number of rotatable bonds is 9. The fourth-order valence-electron chi connectivity index (χ4n) is 2.36. The molecule has 5 N–H and O–H groups in total. The predicted molar refractivity (Wildman–Crippen MR) is 95.9 cm³/mol. The molecule has 0 aromatic rings. The van der Waals surface area contributed by atoms with Crippen LogP contribution in [0, 0.1) is 11.8 Å². The number of aliphatic hydroxyl groups is 1. The molecule has 0 bridgehead atoms. The van der Waals surface area contributed by atoms with Crippen molar-refractivity contribution in [3.8, 4) is 0 Å². The van der Waals surface area contributed by atoms with Gasteiger partial charge in [-0.15, -0.1) is 0 Å². The van der Waals surface area contributed by atoms with Gasteiger partial charge in [-0.05, 0) is 25.2 Å². The number of carboxylic acids is 1. The van der Waals surface area contributed by atoms with Crippen LogP contribution in [-0.4, -0.2) is 63.3 Å². The Labute approximate surface area is 159 Å². The maximum Gasteiger partial charge on any atom is 0.349 e. The summed E-state index contributed by atoms with van der Waals surface area (Å²) in [6.07, 6.45) is -1.14. The van der Waals surface area contributed by atoms with Crippen molar-refractivity contribution in [1.29, 1.82) is 0 Å². The van der Waals surface area contributed by atoms with Gasteiger partial charge in [-0.25, -0.2) is 9.59 Å². The monoisotopic (exact) mass is 389 g/mol. The second-order valence-corrected chi connectivity index (χ2v) is 7.25. The van der Waals surface area contributed by atoms with Crippen LogP contribution in [0.3, 0.4) is 0 Å². The van der Waals surface area contributed by atoms with Gasteiger partial charge in [-0.1, -0.05) is 27.7 Å². The molecule has 10 heteroatoms. The van der Waals surface area contributed by atoms with Crippen LogP contribution in [-0.2, 0) is 24.0 Å². The number of hydrogen-bond donors (Lipinski definition) is 4. The van der Waals surface area contributed by atoms with Crippen LogP contribution < -0.4 is 11.1 Å². The number of nitrogens with zero attached hydrogens (tertiary/aromatic N) is 1. The molecule has 10 nitrogen and oxygen atoms in total. The van der Waals surface area contributed by atoms with Gasteiger partial charge in [-0.3, -0.25) is 9.59 Å². The largest absolute Gasteiger partial charge is 0.480 e. The Kier molecular flexibility index (Phi) is 9.95. The molecule has 27 heavy (non-hydrogen) atoms. The van der Waals surface area contributed by atoms with E-state index in [1.165, 1.54) is 6.92 Å². The van der Waals surface area contributed by atoms with Gasteiger partial charge in [0, 0.05) is 6.92 Å². The summed E-state index contributed by atoms with van der Waals surface area (Å²) in [4.78, 5) is 52.8. The van der Waals surface area contributed by atoms with Crippen molar-refractivity contribution in [2.75, 3.05) is 0 Å². The number of nitrogens with one attached hydrogen (secondary N) is 1. The van der Waals surface area contributed by atoms with Crippen LogP contribution in [0.1, 0.15) is 48.0 Å². The lowest BCUT2D eigenvalue weighted by Gasteiger charge is -2.32. The normalized spacial score (nSPS) is 15.6. The third-order valence-corrected chi connectivity index (χ3v) is 3.74. The molecule has 0 heterocycles. The Morgan fingerprint density at radius 3 is 1.96 bits per heavy atom. The molecule has 0 unspecified atom stereocenters. The number of carbonyl (C=O) groups is 4. The molecular formula is C17H31N3O7. The standard InChI is InChI=1S/C17H31N3O7/c1-8(2)7-12(18)17(26)27-20(11(6)22)14(10(5)21)15(23)19-13(9(3)4)16(24)25/h8-10,12-14,21H,7,18H2,1-6H3,(H,19,23)(H,24,25)/t10-,12+,13+,14+/m1/s1. The van der Waals surface area contributed by atoms with Crippen LogP contribution in [0.4, 0.5) is 0 Å². The van der Waals surface area contributed by atoms with Gasteiger partial charge in [0.25, 0.3) is 5.91 Å². The first-order valence-corrected chi connectivity index (χ1v) is 8.77. The lowest BCUT2D eigenvalue weighted by atomic mass is 10.0. The third kappa shape index (κ3) is 7.92. The Balaban J connectivity index is 5.50. The van der Waals surface area contributed by atoms with Crippen LogP contribution in [0.25, 0.3) is 0 Å². The Morgan fingerprint density at radius 1 is 1.11 bits per heavy atom. The van der Waals surface area contributed by atoms with Gasteiger partial charge in [0.1, 0.15) is 12.1 Å². The first-order valence-electron chi connectivity index (χ1n) is 8.77. The number of hydrogen-bond acceptors (Lipinski definition) is 7. The van der Waals surface area contributed by atoms with Crippen molar-refractivity contribution in [3.63, 3.8) is 0 Å². The molecule has 0 rings (SSSR count). The molecule has 0 spiro atoms. The van der Waals surface area contributed by atoms with E-state index < -0.39 is 53.9 Å². The SMILES string of the molecule is CC(=O)N(OC(=O)[C@@H](N)CC(C)C)[C@H](C(=O)N[C@H](C(=O)O)C(C)C)[C@@H](C)O. The molecule has 0 radical (unpaired) electrons. The molecule has 4 atom stereocenters. The Morgan fingerprint density at radius 2 is 1.63 bits per heavy atom. The Bertz CT molecular complexity index is 549. The quantitative estimate of drug-likeness (QED) is 0.389. The van der Waals surface area contributed by atoms with Crippen molar-refractivity contribution in [1.82, 2.24) is 10.4 Å². The lowest BCUT2D eigenvalue weighted by Crippen LogP contribution is -2.58. The van der Waals surface area contributed by atoms with E-state index in [1.54, 1.807) is 13.8 Å². The predicted octanol–water partition coefficient (Wildman–Crippen LogP) is -0.359. The first-order chi connectivity index (χ1) is 12.3. The van der Waals surface area contributed by atoms with E-state index in [1.807, 2.05) is 13.8 Å². The minimum atomic E-state index is -1.63. The lowest BCUT2D eigenvalue weighted by molar-refractivity contribution is -0.214. The zero-order chi connectivity index (χ0) is 21.5. The fraction of sp³-hybridized carbons (Fsp3) is 0.765. The van der Waals surface area contributed by atoms with Crippen molar-refractivity contribution >= 4 is 23.8 Å². The second kappa shape index (κ2) is 10.8. The van der Waals surface area contributed by atoms with Crippen LogP contribution in [0.15, 0.2) is 0 Å². The van der Waals surface area contributed by atoms with E-state index in [9.17, 15) is 29.4 Å². The summed E-state index contributed by atoms with van der Waals surface area (Å²) in [5.74, 6) is -4.35. The summed E-state index contributed by atoms with van der Waals surface area (Å²) in [6, 6.07) is -3.89. The second-order valence-electron chi connectivity index (χ2n) is 7.25. The summed E-state index contributed by atoms with van der Waals surface area (Å²) in [5, 5.41) is 21.9. The summed E-state index contributed by atoms with van der Waals surface area (Å²) in [5.41, 5.74) is 5.73. The molecule has 156 valence electrons. The molecular weight excluding hydrogens is 358 g/mol. The number of carbonyl (C=O) groups excluding carboxylic acids is 3. The maximum atomic E-state index is 12.5. The van der Waals surface area contributed by atoms with Gasteiger partial charge in [-0.2, -0.15) is 5.06 Å². The number of amides is 2. The smallest absolute Gasteiger partial charge is 0.349 e. The third-order valence-electron chi connectivity index (χ3n) is 3.74. The highest BCUT2D eigenvalue weighted by Crippen LogP contribution is 2.12. The average Bonchev–Trinajstić information content (AvgIpc) is 2.49. The number of carboxylic acid groups (broad SMARTS) is 1. The number of hydroxylamine groups is 2. The van der Waals surface area contributed by atoms with Crippen LogP contribution in [0.2, 0.25) is 0 Å². The van der Waals surface area contributed by atoms with E-state index in [0.717, 1.165) is 6.92 Å². The average molecular weight is 389 g/mol. The molecule has 0 saturated heterocycles. The molecule has 0 aliphatic rings. The summed E-state index contributed by atoms with van der Waals surface area (Å²) in [7, 11) is 0. The summed E-state index contributed by atoms with van der Waals surface area (Å²) < 4.78 is 0. The van der Waals surface area contributed by atoms with Crippen LogP contribution >= 0.6 is 0 Å². The maximum absolute atomic E-state index is 12.5. The van der Waals surface area contributed by atoms with E-state index in [0.29, 0.717) is 11.5 Å². The number of aliphatic carboxylic acids is 1. The van der Waals surface area contributed by atoms with Gasteiger partial charge in [0.2, 0.25) is 5.91 Å². The van der Waals surface area contributed by atoms with Gasteiger partial charge in [0.15, 0.2) is 6.04 Å². The van der Waals surface area contributed by atoms with E-state index in [4.69, 9.17) is 10.6 Å². The molecule has 0 aliphatic carbocycles. The molecule has 0 fully saturated rings. The molecule has 0 aliphatic heterocycles. The van der Waals surface area contributed by atoms with Gasteiger partial charge in [0.05, 0.1) is 6.10 Å². The minimum Gasteiger partial charge on any atom is -0.480 e. The van der Waals surface area contributed by atoms with Crippen molar-refractivity contribution in [2.24, 2.45) is 17.6 Å². The van der Waals surface area contributed by atoms with E-state index >= 15 is 0 Å². The van der Waals surface area contributed by atoms with Crippen LogP contribution in [0.5, 0.6) is 0 Å². The van der Waals surface area contributed by atoms with Crippen molar-refractivity contribution < 1.29 is 34.2 Å². The van der Waals surface area contributed by atoms with E-state index in [-0.39, 0.29) is 5.92 Å². The summed E-state index contributed by atoms with van der Waals surface area (Å²) in [6.45, 7) is 9.13. The first kappa shape index (κ1) is 24.8. The minimum absolute atomic E-state index is 0.0940. The molecule has 0 aromatic heterocycles. The molecule has 0 aromatic carbocycles. The van der Waals surface area contributed by atoms with Crippen molar-refractivity contribution in [3.05, 3.63) is 0 Å². The Hall–Kier alpha value is -2.20. The number of nitrogens with two attached hydrogens (primary N) is 1. The van der Waals surface area contributed by atoms with Crippen molar-refractivity contribution in [2.45, 2.75) is 72.2 Å². The zero-order valence-corrected chi connectivity index (χ0v) is 16.6.